The first-order valence-electron chi connectivity index (χ1n) is 6.17. The fourth-order valence-corrected chi connectivity index (χ4v) is 2.30. The molecule has 1 N–H and O–H groups in total. The van der Waals surface area contributed by atoms with E-state index in [4.69, 9.17) is 4.74 Å². The predicted molar refractivity (Wildman–Crippen MR) is 67.6 cm³/mol. The number of hydrogen-bond acceptors (Lipinski definition) is 3. The van der Waals surface area contributed by atoms with Gasteiger partial charge in [-0.05, 0) is 24.8 Å². The number of ether oxygens (including phenoxy) is 1. The van der Waals surface area contributed by atoms with E-state index < -0.39 is 0 Å². The Labute approximate surface area is 106 Å². The van der Waals surface area contributed by atoms with Crippen molar-refractivity contribution in [3.8, 4) is 0 Å². The Morgan fingerprint density at radius 2 is 2.22 bits per heavy atom. The molecule has 1 amide bonds. The van der Waals surface area contributed by atoms with Crippen molar-refractivity contribution in [1.82, 2.24) is 9.88 Å². The van der Waals surface area contributed by atoms with Gasteiger partial charge in [-0.25, -0.2) is 0 Å². The Morgan fingerprint density at radius 3 is 2.83 bits per heavy atom. The van der Waals surface area contributed by atoms with Crippen molar-refractivity contribution in [2.24, 2.45) is 5.92 Å². The minimum absolute atomic E-state index is 0.0584. The third kappa shape index (κ3) is 2.98. The monoisotopic (exact) mass is 250 g/mol. The summed E-state index contributed by atoms with van der Waals surface area (Å²) in [5.74, 6) is 0.482. The van der Waals surface area contributed by atoms with Crippen molar-refractivity contribution >= 4 is 5.91 Å². The molecule has 5 nitrogen and oxygen atoms in total. The van der Waals surface area contributed by atoms with Crippen LogP contribution in [0.5, 0.6) is 0 Å². The maximum Gasteiger partial charge on any atom is 0.254 e. The highest BCUT2D eigenvalue weighted by Crippen LogP contribution is 2.18. The van der Waals surface area contributed by atoms with Gasteiger partial charge in [0.1, 0.15) is 0 Å². The highest BCUT2D eigenvalue weighted by Gasteiger charge is 2.23. The predicted octanol–water partition coefficient (Wildman–Crippen LogP) is 0.874. The van der Waals surface area contributed by atoms with Gasteiger partial charge in [-0.2, -0.15) is 0 Å². The molecule has 1 aromatic rings. The van der Waals surface area contributed by atoms with Crippen molar-refractivity contribution in [2.45, 2.75) is 12.8 Å². The Kier molecular flexibility index (Phi) is 4.15. The molecule has 0 spiro atoms. The molecular formula is C13H18N2O3. The van der Waals surface area contributed by atoms with E-state index in [0.29, 0.717) is 11.5 Å². The maximum atomic E-state index is 12.2. The number of carbonyl (C=O) groups excluding carboxylic acids is 1. The van der Waals surface area contributed by atoms with Crippen LogP contribution in [0.25, 0.3) is 0 Å². The van der Waals surface area contributed by atoms with E-state index in [-0.39, 0.29) is 11.5 Å². The average molecular weight is 250 g/mol. The van der Waals surface area contributed by atoms with Crippen molar-refractivity contribution in [3.05, 3.63) is 34.2 Å². The lowest BCUT2D eigenvalue weighted by atomic mass is 9.97. The summed E-state index contributed by atoms with van der Waals surface area (Å²) in [6.45, 7) is 2.23. The van der Waals surface area contributed by atoms with Crippen molar-refractivity contribution in [2.75, 3.05) is 26.8 Å². The highest BCUT2D eigenvalue weighted by atomic mass is 16.5. The fraction of sp³-hybridized carbons (Fsp3) is 0.538. The minimum atomic E-state index is -0.241. The Bertz CT molecular complexity index is 461. The van der Waals surface area contributed by atoms with Gasteiger partial charge >= 0.3 is 0 Å². The van der Waals surface area contributed by atoms with Crippen LogP contribution >= 0.6 is 0 Å². The number of nitrogens with one attached hydrogen (secondary N) is 1. The summed E-state index contributed by atoms with van der Waals surface area (Å²) in [5.41, 5.74) is 0.221. The van der Waals surface area contributed by atoms with Crippen LogP contribution in [0, 0.1) is 5.92 Å². The number of pyridine rings is 1. The van der Waals surface area contributed by atoms with Gasteiger partial charge in [-0.3, -0.25) is 9.59 Å². The number of hydrogen-bond donors (Lipinski definition) is 1. The molecule has 1 aliphatic heterocycles. The second-order valence-electron chi connectivity index (χ2n) is 4.63. The maximum absolute atomic E-state index is 12.2. The molecule has 0 aromatic carbocycles. The first kappa shape index (κ1) is 12.8. The number of likely N-dealkylation sites (tertiary alicyclic amines) is 1. The summed E-state index contributed by atoms with van der Waals surface area (Å²) in [5, 5.41) is 0. The van der Waals surface area contributed by atoms with E-state index in [1.807, 2.05) is 0 Å². The Hall–Kier alpha value is -1.62. The van der Waals surface area contributed by atoms with Gasteiger partial charge in [0.05, 0.1) is 0 Å². The van der Waals surface area contributed by atoms with E-state index in [2.05, 4.69) is 4.98 Å². The number of piperidine rings is 1. The van der Waals surface area contributed by atoms with Crippen molar-refractivity contribution in [3.63, 3.8) is 0 Å². The van der Waals surface area contributed by atoms with Gasteiger partial charge < -0.3 is 14.6 Å². The summed E-state index contributed by atoms with van der Waals surface area (Å²) in [4.78, 5) is 27.6. The molecule has 0 radical (unpaired) electrons. The Morgan fingerprint density at radius 1 is 1.50 bits per heavy atom. The second kappa shape index (κ2) is 5.82. The molecule has 1 saturated heterocycles. The standard InChI is InChI=1S/C13H18N2O3/c1-18-9-10-3-6-15(7-4-10)13(17)11-2-5-14-12(16)8-11/h2,5,8,10H,3-4,6-7,9H2,1H3,(H,14,16). The van der Waals surface area contributed by atoms with Crippen molar-refractivity contribution < 1.29 is 9.53 Å². The zero-order chi connectivity index (χ0) is 13.0. The third-order valence-corrected chi connectivity index (χ3v) is 3.33. The van der Waals surface area contributed by atoms with Gasteiger partial charge in [0.25, 0.3) is 5.91 Å². The summed E-state index contributed by atoms with van der Waals surface area (Å²) >= 11 is 0. The number of rotatable bonds is 3. The SMILES string of the molecule is COCC1CCN(C(=O)c2cc[nH]c(=O)c2)CC1. The van der Waals surface area contributed by atoms with Gasteiger partial charge in [-0.15, -0.1) is 0 Å². The average Bonchev–Trinajstić information content (AvgIpc) is 2.39. The van der Waals surface area contributed by atoms with Crippen LogP contribution in [-0.4, -0.2) is 42.6 Å². The summed E-state index contributed by atoms with van der Waals surface area (Å²) in [6.07, 6.45) is 3.43. The lowest BCUT2D eigenvalue weighted by Crippen LogP contribution is -2.39. The summed E-state index contributed by atoms with van der Waals surface area (Å²) in [6, 6.07) is 2.99. The van der Waals surface area contributed by atoms with Crippen LogP contribution in [0.15, 0.2) is 23.1 Å². The molecule has 2 rings (SSSR count). The number of methoxy groups -OCH3 is 1. The van der Waals surface area contributed by atoms with Gasteiger partial charge in [0.2, 0.25) is 5.56 Å². The number of amides is 1. The fourth-order valence-electron chi connectivity index (χ4n) is 2.30. The molecule has 1 fully saturated rings. The zero-order valence-electron chi connectivity index (χ0n) is 10.5. The number of aromatic amines is 1. The zero-order valence-corrected chi connectivity index (χ0v) is 10.5. The molecule has 98 valence electrons. The first-order valence-corrected chi connectivity index (χ1v) is 6.17. The highest BCUT2D eigenvalue weighted by molar-refractivity contribution is 5.94. The summed E-state index contributed by atoms with van der Waals surface area (Å²) in [7, 11) is 1.70. The van der Waals surface area contributed by atoms with Gasteiger partial charge in [0, 0.05) is 44.6 Å². The molecule has 0 saturated carbocycles. The van der Waals surface area contributed by atoms with E-state index in [1.165, 1.54) is 12.3 Å². The van der Waals surface area contributed by atoms with Gasteiger partial charge in [-0.1, -0.05) is 0 Å². The van der Waals surface area contributed by atoms with Crippen LogP contribution in [0.3, 0.4) is 0 Å². The molecule has 0 atom stereocenters. The molecule has 1 aromatic heterocycles. The lowest BCUT2D eigenvalue weighted by Gasteiger charge is -2.31. The minimum Gasteiger partial charge on any atom is -0.384 e. The van der Waals surface area contributed by atoms with Crippen molar-refractivity contribution in [1.29, 1.82) is 0 Å². The second-order valence-corrected chi connectivity index (χ2v) is 4.63. The van der Waals surface area contributed by atoms with Crippen LogP contribution in [0.2, 0.25) is 0 Å². The van der Waals surface area contributed by atoms with Gasteiger partial charge in [0.15, 0.2) is 0 Å². The van der Waals surface area contributed by atoms with Crippen LogP contribution < -0.4 is 5.56 Å². The third-order valence-electron chi connectivity index (χ3n) is 3.33. The van der Waals surface area contributed by atoms with Crippen LogP contribution in [-0.2, 0) is 4.74 Å². The molecule has 0 bridgehead atoms. The number of aromatic nitrogens is 1. The largest absolute Gasteiger partial charge is 0.384 e. The van der Waals surface area contributed by atoms with E-state index in [0.717, 1.165) is 32.5 Å². The van der Waals surface area contributed by atoms with Crippen LogP contribution in [0.1, 0.15) is 23.2 Å². The molecule has 2 heterocycles. The molecule has 0 aliphatic carbocycles. The number of H-pyrrole nitrogens is 1. The number of carbonyl (C=O) groups is 1. The lowest BCUT2D eigenvalue weighted by molar-refractivity contribution is 0.0613. The number of nitrogens with zero attached hydrogens (tertiary/aromatic N) is 1. The smallest absolute Gasteiger partial charge is 0.254 e. The molecule has 5 heteroatoms. The molecular weight excluding hydrogens is 232 g/mol. The molecule has 0 unspecified atom stereocenters. The van der Waals surface area contributed by atoms with E-state index in [1.54, 1.807) is 18.1 Å². The van der Waals surface area contributed by atoms with E-state index in [9.17, 15) is 9.59 Å². The quantitative estimate of drug-likeness (QED) is 0.866. The molecule has 1 aliphatic rings. The van der Waals surface area contributed by atoms with Crippen LogP contribution in [0.4, 0.5) is 0 Å². The Balaban J connectivity index is 1.97. The van der Waals surface area contributed by atoms with E-state index >= 15 is 0 Å². The topological polar surface area (TPSA) is 62.4 Å². The molecule has 18 heavy (non-hydrogen) atoms. The first-order chi connectivity index (χ1) is 8.70. The summed E-state index contributed by atoms with van der Waals surface area (Å²) < 4.78 is 5.13. The normalized spacial score (nSPS) is 16.8.